The maximum absolute atomic E-state index is 11.3. The van der Waals surface area contributed by atoms with Crippen molar-refractivity contribution in [1.29, 1.82) is 0 Å². The molecule has 0 aromatic rings. The molecular weight excluding hydrogens is 204 g/mol. The molecule has 80 valence electrons. The van der Waals surface area contributed by atoms with Gasteiger partial charge in [-0.25, -0.2) is 0 Å². The number of carbonyl (C=O) groups excluding carboxylic acids is 2. The predicted octanol–water partition coefficient (Wildman–Crippen LogP) is 0.400. The lowest BCUT2D eigenvalue weighted by molar-refractivity contribution is -0.125. The molecule has 1 aliphatic carbocycles. The zero-order valence-electron chi connectivity index (χ0n) is 8.01. The molecule has 1 rings (SSSR count). The Bertz CT molecular complexity index is 215. The van der Waals surface area contributed by atoms with Crippen LogP contribution in [0.15, 0.2) is 0 Å². The number of rotatable bonds is 4. The van der Waals surface area contributed by atoms with Crippen molar-refractivity contribution >= 4 is 23.4 Å². The molecule has 0 aliphatic heterocycles. The Morgan fingerprint density at radius 2 is 1.86 bits per heavy atom. The minimum atomic E-state index is -0.312. The highest BCUT2D eigenvalue weighted by Crippen LogP contribution is 2.17. The molecule has 14 heavy (non-hydrogen) atoms. The smallest absolute Gasteiger partial charge is 0.239 e. The fourth-order valence-corrected chi connectivity index (χ4v) is 1.67. The summed E-state index contributed by atoms with van der Waals surface area (Å²) in [5, 5.41) is 5.28. The largest absolute Gasteiger partial charge is 0.352 e. The van der Waals surface area contributed by atoms with Gasteiger partial charge in [0.25, 0.3) is 0 Å². The summed E-state index contributed by atoms with van der Waals surface area (Å²) >= 11 is 5.26. The summed E-state index contributed by atoms with van der Waals surface area (Å²) < 4.78 is 0. The molecule has 0 spiro atoms. The number of nitrogens with one attached hydrogen (secondary N) is 2. The van der Waals surface area contributed by atoms with E-state index in [0.717, 1.165) is 12.8 Å². The zero-order valence-corrected chi connectivity index (χ0v) is 8.77. The van der Waals surface area contributed by atoms with Gasteiger partial charge < -0.3 is 10.6 Å². The van der Waals surface area contributed by atoms with Crippen LogP contribution in [-0.4, -0.2) is 30.3 Å². The van der Waals surface area contributed by atoms with E-state index < -0.39 is 0 Å². The van der Waals surface area contributed by atoms with Crippen molar-refractivity contribution in [1.82, 2.24) is 10.6 Å². The quantitative estimate of drug-likeness (QED) is 0.672. The van der Waals surface area contributed by atoms with E-state index in [1.807, 2.05) is 0 Å². The maximum Gasteiger partial charge on any atom is 0.239 e. The van der Waals surface area contributed by atoms with Gasteiger partial charge in [-0.2, -0.15) is 0 Å². The minimum absolute atomic E-state index is 0.0298. The van der Waals surface area contributed by atoms with Crippen LogP contribution in [0.5, 0.6) is 0 Å². The van der Waals surface area contributed by atoms with E-state index in [4.69, 9.17) is 11.6 Å². The van der Waals surface area contributed by atoms with Gasteiger partial charge in [0.2, 0.25) is 11.8 Å². The van der Waals surface area contributed by atoms with Gasteiger partial charge in [-0.15, -0.1) is 11.6 Å². The lowest BCUT2D eigenvalue weighted by atomic mass is 10.2. The third kappa shape index (κ3) is 3.96. The highest BCUT2D eigenvalue weighted by molar-refractivity contribution is 6.27. The number of hydrogen-bond donors (Lipinski definition) is 2. The second kappa shape index (κ2) is 5.86. The molecule has 2 amide bonds. The van der Waals surface area contributed by atoms with E-state index >= 15 is 0 Å². The summed E-state index contributed by atoms with van der Waals surface area (Å²) in [6, 6.07) is 0.301. The molecule has 0 unspecified atom stereocenters. The average molecular weight is 219 g/mol. The molecule has 0 atom stereocenters. The standard InChI is InChI=1S/C9H15ClN2O2/c10-5-8(13)11-6-9(14)12-7-3-1-2-4-7/h7H,1-6H2,(H,11,13)(H,12,14). The third-order valence-corrected chi connectivity index (χ3v) is 2.53. The first-order valence-corrected chi connectivity index (χ1v) is 5.38. The Hall–Kier alpha value is -0.770. The van der Waals surface area contributed by atoms with Crippen molar-refractivity contribution in [3.05, 3.63) is 0 Å². The summed E-state index contributed by atoms with van der Waals surface area (Å²) in [5.74, 6) is -0.542. The van der Waals surface area contributed by atoms with Crippen molar-refractivity contribution in [3.63, 3.8) is 0 Å². The van der Waals surface area contributed by atoms with E-state index in [0.29, 0.717) is 6.04 Å². The number of hydrogen-bond acceptors (Lipinski definition) is 2. The van der Waals surface area contributed by atoms with Crippen LogP contribution in [0, 0.1) is 0 Å². The van der Waals surface area contributed by atoms with Crippen molar-refractivity contribution in [2.24, 2.45) is 0 Å². The van der Waals surface area contributed by atoms with Crippen LogP contribution < -0.4 is 10.6 Å². The zero-order chi connectivity index (χ0) is 10.4. The Morgan fingerprint density at radius 3 is 2.43 bits per heavy atom. The van der Waals surface area contributed by atoms with Gasteiger partial charge in [-0.1, -0.05) is 12.8 Å². The van der Waals surface area contributed by atoms with Gasteiger partial charge in [0.1, 0.15) is 5.88 Å². The Labute approximate surface area is 88.4 Å². The monoisotopic (exact) mass is 218 g/mol. The van der Waals surface area contributed by atoms with Gasteiger partial charge in [-0.05, 0) is 12.8 Å². The first-order valence-electron chi connectivity index (χ1n) is 4.84. The molecule has 1 saturated carbocycles. The van der Waals surface area contributed by atoms with Crippen LogP contribution in [0.4, 0.5) is 0 Å². The van der Waals surface area contributed by atoms with Crippen molar-refractivity contribution in [2.45, 2.75) is 31.7 Å². The highest BCUT2D eigenvalue weighted by atomic mass is 35.5. The summed E-state index contributed by atoms with van der Waals surface area (Å²) in [6.45, 7) is 0.0298. The molecule has 0 aromatic carbocycles. The Balaban J connectivity index is 2.12. The first kappa shape index (κ1) is 11.3. The van der Waals surface area contributed by atoms with E-state index in [9.17, 15) is 9.59 Å². The molecule has 0 aromatic heterocycles. The van der Waals surface area contributed by atoms with Gasteiger partial charge in [0, 0.05) is 6.04 Å². The number of amides is 2. The fourth-order valence-electron chi connectivity index (χ4n) is 1.57. The second-order valence-electron chi connectivity index (χ2n) is 3.46. The predicted molar refractivity (Wildman–Crippen MR) is 54.1 cm³/mol. The summed E-state index contributed by atoms with van der Waals surface area (Å²) in [7, 11) is 0. The molecule has 0 saturated heterocycles. The third-order valence-electron chi connectivity index (χ3n) is 2.29. The van der Waals surface area contributed by atoms with Crippen LogP contribution in [0.3, 0.4) is 0 Å². The number of carbonyl (C=O) groups is 2. The van der Waals surface area contributed by atoms with Crippen LogP contribution >= 0.6 is 11.6 Å². The van der Waals surface area contributed by atoms with Gasteiger partial charge in [0.05, 0.1) is 6.54 Å². The Kier molecular flexibility index (Phi) is 4.73. The highest BCUT2D eigenvalue weighted by Gasteiger charge is 2.16. The molecule has 4 nitrogen and oxygen atoms in total. The van der Waals surface area contributed by atoms with E-state index in [1.165, 1.54) is 12.8 Å². The summed E-state index contributed by atoms with van der Waals surface area (Å²) in [4.78, 5) is 22.0. The fraction of sp³-hybridized carbons (Fsp3) is 0.778. The SMILES string of the molecule is O=C(CCl)NCC(=O)NC1CCCC1. The van der Waals surface area contributed by atoms with E-state index in [1.54, 1.807) is 0 Å². The minimum Gasteiger partial charge on any atom is -0.352 e. The molecule has 2 N–H and O–H groups in total. The molecular formula is C9H15ClN2O2. The number of alkyl halides is 1. The first-order chi connectivity index (χ1) is 6.72. The van der Waals surface area contributed by atoms with Gasteiger partial charge >= 0.3 is 0 Å². The summed E-state index contributed by atoms with van der Waals surface area (Å²) in [5.41, 5.74) is 0. The topological polar surface area (TPSA) is 58.2 Å². The lowest BCUT2D eigenvalue weighted by Gasteiger charge is -2.11. The molecule has 0 radical (unpaired) electrons. The average Bonchev–Trinajstić information content (AvgIpc) is 2.66. The van der Waals surface area contributed by atoms with E-state index in [-0.39, 0.29) is 24.2 Å². The number of halogens is 1. The normalized spacial score (nSPS) is 16.6. The molecule has 1 fully saturated rings. The van der Waals surface area contributed by atoms with Crippen LogP contribution in [-0.2, 0) is 9.59 Å². The van der Waals surface area contributed by atoms with E-state index in [2.05, 4.69) is 10.6 Å². The van der Waals surface area contributed by atoms with Crippen molar-refractivity contribution in [2.75, 3.05) is 12.4 Å². The van der Waals surface area contributed by atoms with Gasteiger partial charge in [0.15, 0.2) is 0 Å². The Morgan fingerprint density at radius 1 is 1.21 bits per heavy atom. The molecule has 5 heteroatoms. The maximum atomic E-state index is 11.3. The van der Waals surface area contributed by atoms with Crippen molar-refractivity contribution < 1.29 is 9.59 Å². The molecule has 0 bridgehead atoms. The summed E-state index contributed by atoms with van der Waals surface area (Å²) in [6.07, 6.45) is 4.46. The molecule has 0 heterocycles. The van der Waals surface area contributed by atoms with Crippen LogP contribution in [0.25, 0.3) is 0 Å². The lowest BCUT2D eigenvalue weighted by Crippen LogP contribution is -2.41. The van der Waals surface area contributed by atoms with Crippen molar-refractivity contribution in [3.8, 4) is 0 Å². The van der Waals surface area contributed by atoms with Crippen LogP contribution in [0.1, 0.15) is 25.7 Å². The van der Waals surface area contributed by atoms with Crippen LogP contribution in [0.2, 0.25) is 0 Å². The molecule has 1 aliphatic rings. The van der Waals surface area contributed by atoms with Gasteiger partial charge in [-0.3, -0.25) is 9.59 Å². The second-order valence-corrected chi connectivity index (χ2v) is 3.73.